The summed E-state index contributed by atoms with van der Waals surface area (Å²) in [7, 11) is -3.33. The van der Waals surface area contributed by atoms with Gasteiger partial charge in [0.25, 0.3) is 0 Å². The van der Waals surface area contributed by atoms with Gasteiger partial charge in [-0.2, -0.15) is 13.1 Å². The maximum atomic E-state index is 12.1. The quantitative estimate of drug-likeness (QED) is 0.327. The summed E-state index contributed by atoms with van der Waals surface area (Å²) >= 11 is 0. The zero-order valence-electron chi connectivity index (χ0n) is 15.6. The summed E-state index contributed by atoms with van der Waals surface area (Å²) < 4.78 is 54.8. The molecule has 0 radical (unpaired) electrons. The molecule has 1 fully saturated rings. The second-order valence-corrected chi connectivity index (χ2v) is 6.96. The molecule has 2 rings (SSSR count). The summed E-state index contributed by atoms with van der Waals surface area (Å²) in [5.41, 5.74) is 0.311. The van der Waals surface area contributed by atoms with E-state index in [1.807, 2.05) is 4.72 Å². The van der Waals surface area contributed by atoms with Crippen molar-refractivity contribution in [2.75, 3.05) is 20.3 Å². The number of benzene rings is 1. The third-order valence-corrected chi connectivity index (χ3v) is 4.51. The molecule has 11 nitrogen and oxygen atoms in total. The van der Waals surface area contributed by atoms with Crippen molar-refractivity contribution < 1.29 is 41.8 Å². The first-order valence-corrected chi connectivity index (χ1v) is 9.65. The van der Waals surface area contributed by atoms with Crippen LogP contribution >= 0.6 is 0 Å². The van der Waals surface area contributed by atoms with Crippen LogP contribution in [0.2, 0.25) is 0 Å². The minimum Gasteiger partial charge on any atom is -0.459 e. The average molecular weight is 422 g/mol. The predicted molar refractivity (Wildman–Crippen MR) is 97.3 cm³/mol. The van der Waals surface area contributed by atoms with Crippen LogP contribution in [0.5, 0.6) is 0 Å². The highest BCUT2D eigenvalue weighted by Gasteiger charge is 2.48. The molecule has 0 unspecified atom stereocenters. The first kappa shape index (κ1) is 24.4. The molecule has 1 aliphatic rings. The van der Waals surface area contributed by atoms with Crippen molar-refractivity contribution in [2.24, 2.45) is 0 Å². The van der Waals surface area contributed by atoms with Crippen molar-refractivity contribution in [3.8, 4) is 0 Å². The highest BCUT2D eigenvalue weighted by Crippen LogP contribution is 2.25. The van der Waals surface area contributed by atoms with Crippen LogP contribution in [-0.4, -0.2) is 75.0 Å². The van der Waals surface area contributed by atoms with E-state index in [0.717, 1.165) is 0 Å². The molecule has 1 saturated heterocycles. The van der Waals surface area contributed by atoms with Gasteiger partial charge in [0.05, 0.1) is 11.6 Å². The van der Waals surface area contributed by atoms with E-state index in [-0.39, 0.29) is 19.4 Å². The van der Waals surface area contributed by atoms with Gasteiger partial charge in [0.15, 0.2) is 6.29 Å². The summed E-state index contributed by atoms with van der Waals surface area (Å²) in [5, 5.41) is 10.5. The minimum atomic E-state index is -4.65. The lowest BCUT2D eigenvalue weighted by Crippen LogP contribution is -2.65. The Balaban J connectivity index is 0.00000392. The molecule has 160 valence electrons. The van der Waals surface area contributed by atoms with Crippen molar-refractivity contribution in [3.63, 3.8) is 0 Å². The minimum absolute atomic E-state index is 0. The summed E-state index contributed by atoms with van der Waals surface area (Å²) in [6.07, 6.45) is -4.68. The third kappa shape index (κ3) is 6.46. The largest absolute Gasteiger partial charge is 0.459 e. The van der Waals surface area contributed by atoms with Crippen molar-refractivity contribution in [3.05, 3.63) is 35.9 Å². The van der Waals surface area contributed by atoms with E-state index in [4.69, 9.17) is 23.5 Å². The Morgan fingerprint density at radius 2 is 1.93 bits per heavy atom. The molecule has 0 aliphatic carbocycles. The number of nitrogens with one attached hydrogen (secondary N) is 1. The third-order valence-electron chi connectivity index (χ3n) is 3.94. The molecule has 1 aromatic rings. The van der Waals surface area contributed by atoms with E-state index < -0.39 is 46.9 Å². The zero-order chi connectivity index (χ0) is 20.0. The lowest BCUT2D eigenvalue weighted by Gasteiger charge is -2.43. The Bertz CT molecular complexity index is 716. The van der Waals surface area contributed by atoms with Crippen LogP contribution in [0, 0.1) is 0 Å². The maximum absolute atomic E-state index is 12.1. The second kappa shape index (κ2) is 10.8. The number of methoxy groups -OCH3 is 1. The number of rotatable bonds is 8. The summed E-state index contributed by atoms with van der Waals surface area (Å²) in [4.78, 5) is 12.1. The number of aliphatic hydroxyl groups excluding tert-OH is 1. The molecular weight excluding hydrogens is 396 g/mol. The van der Waals surface area contributed by atoms with Gasteiger partial charge in [0.1, 0.15) is 24.9 Å². The Morgan fingerprint density at radius 1 is 1.29 bits per heavy atom. The zero-order valence-corrected chi connectivity index (χ0v) is 16.4. The highest BCUT2D eigenvalue weighted by atomic mass is 32.2. The number of hydrogen-bond acceptors (Lipinski definition) is 9. The molecule has 0 aromatic heterocycles. The number of aliphatic hydroxyl groups is 1. The molecule has 1 aromatic carbocycles. The van der Waals surface area contributed by atoms with Gasteiger partial charge in [-0.25, -0.2) is 4.79 Å². The fourth-order valence-corrected chi connectivity index (χ4v) is 3.37. The van der Waals surface area contributed by atoms with Crippen molar-refractivity contribution >= 4 is 16.3 Å². The van der Waals surface area contributed by atoms with E-state index >= 15 is 0 Å². The van der Waals surface area contributed by atoms with Crippen LogP contribution in [-0.2, 0) is 29.3 Å². The van der Waals surface area contributed by atoms with Gasteiger partial charge >= 0.3 is 16.3 Å². The molecule has 6 N–H and O–H groups in total. The van der Waals surface area contributed by atoms with Crippen LogP contribution in [0.1, 0.15) is 17.3 Å². The van der Waals surface area contributed by atoms with Crippen LogP contribution in [0.3, 0.4) is 0 Å². The second-order valence-electron chi connectivity index (χ2n) is 5.77. The Morgan fingerprint density at radius 3 is 2.46 bits per heavy atom. The normalized spacial score (nSPS) is 27.6. The molecule has 28 heavy (non-hydrogen) atoms. The van der Waals surface area contributed by atoms with Crippen LogP contribution < -0.4 is 10.9 Å². The lowest BCUT2D eigenvalue weighted by molar-refractivity contribution is -0.278. The van der Waals surface area contributed by atoms with E-state index in [9.17, 15) is 18.3 Å². The molecule has 5 atom stereocenters. The van der Waals surface area contributed by atoms with Gasteiger partial charge < -0.3 is 30.2 Å². The lowest BCUT2D eigenvalue weighted by atomic mass is 9.97. The van der Waals surface area contributed by atoms with Gasteiger partial charge in [-0.1, -0.05) is 18.2 Å². The van der Waals surface area contributed by atoms with E-state index in [2.05, 4.69) is 0 Å². The number of esters is 1. The van der Waals surface area contributed by atoms with Crippen LogP contribution in [0.25, 0.3) is 0 Å². The average Bonchev–Trinajstić information content (AvgIpc) is 2.63. The maximum Gasteiger partial charge on any atom is 0.338 e. The van der Waals surface area contributed by atoms with E-state index in [1.165, 1.54) is 7.11 Å². The van der Waals surface area contributed by atoms with Gasteiger partial charge in [-0.3, -0.25) is 4.55 Å². The summed E-state index contributed by atoms with van der Waals surface area (Å²) in [6, 6.07) is 6.93. The molecule has 0 bridgehead atoms. The van der Waals surface area contributed by atoms with Gasteiger partial charge in [-0.15, -0.1) is 0 Å². The number of hydrogen-bond donors (Lipinski definition) is 4. The van der Waals surface area contributed by atoms with Gasteiger partial charge in [-0.05, 0) is 19.1 Å². The number of ether oxygens (including phenoxy) is 4. The fraction of sp³-hybridized carbons (Fsp3) is 0.562. The molecule has 12 heteroatoms. The molecule has 1 aliphatic heterocycles. The number of carbonyl (C=O) groups excluding carboxylic acids is 1. The first-order valence-electron chi connectivity index (χ1n) is 8.21. The molecular formula is C16H26N2O9S. The standard InChI is InChI=1S/C16H23NO9S.H3N/c1-3-24-14-12(17-27(20,21)22)13(18)11(26-16(14)23-2)9-25-15(19)10-7-5-4-6-8-10;/h4-8,11-14,16-18H,3,9H2,1-2H3,(H,20,21,22);1H3/t11-,12-,13-,14+,16+;/m1./s1. The topological polar surface area (TPSA) is 176 Å². The van der Waals surface area contributed by atoms with E-state index in [0.29, 0.717) is 5.56 Å². The van der Waals surface area contributed by atoms with Crippen molar-refractivity contribution in [2.45, 2.75) is 37.6 Å². The molecule has 0 spiro atoms. The van der Waals surface area contributed by atoms with Crippen LogP contribution in [0.15, 0.2) is 30.3 Å². The number of carbonyl (C=O) groups is 1. The monoisotopic (exact) mass is 422 g/mol. The molecule has 1 heterocycles. The highest BCUT2D eigenvalue weighted by molar-refractivity contribution is 7.83. The Kier molecular flexibility index (Phi) is 9.39. The molecule has 0 saturated carbocycles. The summed E-state index contributed by atoms with van der Waals surface area (Å²) in [6.45, 7) is 1.48. The predicted octanol–water partition coefficient (Wildman–Crippen LogP) is -0.0963. The molecule has 0 amide bonds. The SMILES string of the molecule is CCO[C@@H]1[C@@H](OC)O[C@H](COC(=O)c2ccccc2)[C@@H](O)[C@H]1NS(=O)(=O)O.N. The van der Waals surface area contributed by atoms with Crippen LogP contribution in [0.4, 0.5) is 0 Å². The smallest absolute Gasteiger partial charge is 0.338 e. The van der Waals surface area contributed by atoms with Crippen molar-refractivity contribution in [1.29, 1.82) is 0 Å². The van der Waals surface area contributed by atoms with Crippen molar-refractivity contribution in [1.82, 2.24) is 10.9 Å². The summed E-state index contributed by atoms with van der Waals surface area (Å²) in [5.74, 6) is -0.633. The Hall–Kier alpha value is -1.64. The fourth-order valence-electron chi connectivity index (χ4n) is 2.75. The first-order chi connectivity index (χ1) is 12.8. The van der Waals surface area contributed by atoms with E-state index in [1.54, 1.807) is 37.3 Å². The van der Waals surface area contributed by atoms with Gasteiger partial charge in [0.2, 0.25) is 0 Å². The Labute approximate surface area is 163 Å². The van der Waals surface area contributed by atoms with Gasteiger partial charge in [0, 0.05) is 13.7 Å².